The number of carbonyl (C=O) groups excluding carboxylic acids is 1. The summed E-state index contributed by atoms with van der Waals surface area (Å²) in [4.78, 5) is 17.9. The molecule has 1 fully saturated rings. The van der Waals surface area contributed by atoms with Gasteiger partial charge in [-0.05, 0) is 36.4 Å². The van der Waals surface area contributed by atoms with E-state index in [0.29, 0.717) is 46.7 Å². The number of nitrogen functional groups attached to an aromatic ring is 1. The number of nitrogens with zero attached hydrogens (tertiary/aromatic N) is 2. The van der Waals surface area contributed by atoms with Gasteiger partial charge in [0.15, 0.2) is 0 Å². The Morgan fingerprint density at radius 1 is 1.06 bits per heavy atom. The van der Waals surface area contributed by atoms with Gasteiger partial charge in [0.25, 0.3) is 0 Å². The first kappa shape index (κ1) is 22.6. The molecule has 3 N–H and O–H groups in total. The molecule has 4 rings (SSSR count). The fourth-order valence-electron chi connectivity index (χ4n) is 3.47. The number of ether oxygens (including phenoxy) is 3. The second-order valence-corrected chi connectivity index (χ2v) is 7.62. The molecule has 1 aliphatic rings. The van der Waals surface area contributed by atoms with Crippen molar-refractivity contribution in [3.05, 3.63) is 66.2 Å². The normalized spacial score (nSPS) is 13.9. The lowest BCUT2D eigenvalue weighted by molar-refractivity contribution is -0.107. The number of nitrogens with one attached hydrogen (secondary N) is 1. The minimum absolute atomic E-state index is 0.216. The number of carbonyl (C=O) groups is 1. The average Bonchev–Trinajstić information content (AvgIpc) is 2.84. The molecule has 0 bridgehead atoms. The third-order valence-corrected chi connectivity index (χ3v) is 5.27. The van der Waals surface area contributed by atoms with E-state index in [-0.39, 0.29) is 6.42 Å². The van der Waals surface area contributed by atoms with Crippen LogP contribution in [0.1, 0.15) is 5.56 Å². The third-order valence-electron chi connectivity index (χ3n) is 5.27. The molecule has 172 valence electrons. The van der Waals surface area contributed by atoms with Gasteiger partial charge in [-0.2, -0.15) is 4.98 Å². The Balaban J connectivity index is 1.41. The van der Waals surface area contributed by atoms with Gasteiger partial charge in [0, 0.05) is 37.7 Å². The number of hydrogen-bond acceptors (Lipinski definition) is 8. The first-order valence-electron chi connectivity index (χ1n) is 11.0. The van der Waals surface area contributed by atoms with E-state index >= 15 is 0 Å². The van der Waals surface area contributed by atoms with E-state index in [0.717, 1.165) is 39.1 Å². The molecule has 0 unspecified atom stereocenters. The van der Waals surface area contributed by atoms with E-state index in [2.05, 4.69) is 15.2 Å². The molecule has 2 heterocycles. The molecule has 33 heavy (non-hydrogen) atoms. The summed E-state index contributed by atoms with van der Waals surface area (Å²) in [7, 11) is 0. The van der Waals surface area contributed by atoms with Crippen LogP contribution in [0.25, 0.3) is 0 Å². The molecule has 1 aromatic heterocycles. The highest BCUT2D eigenvalue weighted by Crippen LogP contribution is 2.30. The van der Waals surface area contributed by atoms with Gasteiger partial charge in [-0.25, -0.2) is 0 Å². The molecular formula is C25H28N4O4. The van der Waals surface area contributed by atoms with E-state index < -0.39 is 0 Å². The van der Waals surface area contributed by atoms with Crippen LogP contribution in [0.15, 0.2) is 60.7 Å². The largest absolute Gasteiger partial charge is 0.492 e. The van der Waals surface area contributed by atoms with Gasteiger partial charge in [0.2, 0.25) is 5.88 Å². The summed E-state index contributed by atoms with van der Waals surface area (Å²) < 4.78 is 17.1. The fourth-order valence-corrected chi connectivity index (χ4v) is 3.47. The number of nitrogens with two attached hydrogens (primary N) is 1. The van der Waals surface area contributed by atoms with Crippen LogP contribution in [0, 0.1) is 0 Å². The number of morpholine rings is 1. The predicted octanol–water partition coefficient (Wildman–Crippen LogP) is 3.65. The number of rotatable bonds is 10. The van der Waals surface area contributed by atoms with Crippen LogP contribution in [0.2, 0.25) is 0 Å². The smallest absolute Gasteiger partial charge is 0.224 e. The summed E-state index contributed by atoms with van der Waals surface area (Å²) in [6.07, 6.45) is 1.05. The summed E-state index contributed by atoms with van der Waals surface area (Å²) >= 11 is 0. The number of anilines is 3. The average molecular weight is 449 g/mol. The monoisotopic (exact) mass is 448 g/mol. The number of para-hydroxylation sites is 1. The Kier molecular flexibility index (Phi) is 7.73. The van der Waals surface area contributed by atoms with Crippen molar-refractivity contribution in [3.63, 3.8) is 0 Å². The molecule has 8 heteroatoms. The standard InChI is InChI=1S/C25H28N4O4/c26-22-18-21(32-17-13-29-11-15-31-16-12-29)7-8-23(22)27-24-9-6-19(10-14-30)25(28-24)33-20-4-2-1-3-5-20/h1-9,14,18H,10-13,15-17,26H2,(H,27,28). The van der Waals surface area contributed by atoms with Crippen LogP contribution in [0.5, 0.6) is 17.4 Å². The first-order valence-corrected chi connectivity index (χ1v) is 11.0. The second-order valence-electron chi connectivity index (χ2n) is 7.62. The molecule has 1 saturated heterocycles. The van der Waals surface area contributed by atoms with Crippen LogP contribution in [0.4, 0.5) is 17.2 Å². The summed E-state index contributed by atoms with van der Waals surface area (Å²) in [5, 5.41) is 3.22. The van der Waals surface area contributed by atoms with E-state index in [4.69, 9.17) is 19.9 Å². The maximum atomic E-state index is 11.1. The van der Waals surface area contributed by atoms with Crippen molar-refractivity contribution in [1.82, 2.24) is 9.88 Å². The molecule has 1 aliphatic heterocycles. The van der Waals surface area contributed by atoms with E-state index in [1.165, 1.54) is 0 Å². The molecule has 0 atom stereocenters. The summed E-state index contributed by atoms with van der Waals surface area (Å²) in [6.45, 7) is 4.85. The Morgan fingerprint density at radius 2 is 1.88 bits per heavy atom. The first-order chi connectivity index (χ1) is 16.2. The van der Waals surface area contributed by atoms with Crippen LogP contribution >= 0.6 is 0 Å². The van der Waals surface area contributed by atoms with Gasteiger partial charge < -0.3 is 30.1 Å². The van der Waals surface area contributed by atoms with Gasteiger partial charge in [-0.15, -0.1) is 0 Å². The minimum Gasteiger partial charge on any atom is -0.492 e. The van der Waals surface area contributed by atoms with Gasteiger partial charge in [0.1, 0.15) is 30.2 Å². The van der Waals surface area contributed by atoms with Crippen molar-refractivity contribution in [2.45, 2.75) is 6.42 Å². The topological polar surface area (TPSA) is 98.9 Å². The van der Waals surface area contributed by atoms with E-state index in [1.807, 2.05) is 48.5 Å². The highest BCUT2D eigenvalue weighted by molar-refractivity contribution is 5.73. The number of benzene rings is 2. The van der Waals surface area contributed by atoms with Crippen LogP contribution in [0.3, 0.4) is 0 Å². The van der Waals surface area contributed by atoms with Gasteiger partial charge in [0.05, 0.1) is 24.6 Å². The Morgan fingerprint density at radius 3 is 2.64 bits per heavy atom. The zero-order chi connectivity index (χ0) is 22.9. The predicted molar refractivity (Wildman–Crippen MR) is 127 cm³/mol. The Labute approximate surface area is 193 Å². The summed E-state index contributed by atoms with van der Waals surface area (Å²) in [5.41, 5.74) is 8.20. The van der Waals surface area contributed by atoms with E-state index in [1.54, 1.807) is 12.1 Å². The van der Waals surface area contributed by atoms with Crippen molar-refractivity contribution >= 4 is 23.5 Å². The number of aldehydes is 1. The van der Waals surface area contributed by atoms with E-state index in [9.17, 15) is 4.79 Å². The highest BCUT2D eigenvalue weighted by atomic mass is 16.5. The maximum absolute atomic E-state index is 11.1. The zero-order valence-corrected chi connectivity index (χ0v) is 18.4. The maximum Gasteiger partial charge on any atom is 0.224 e. The third kappa shape index (κ3) is 6.44. The lowest BCUT2D eigenvalue weighted by Gasteiger charge is -2.26. The fraction of sp³-hybridized carbons (Fsp3) is 0.280. The number of hydrogen-bond donors (Lipinski definition) is 2. The lowest BCUT2D eigenvalue weighted by atomic mass is 10.2. The van der Waals surface area contributed by atoms with Crippen LogP contribution in [-0.2, 0) is 16.0 Å². The molecule has 8 nitrogen and oxygen atoms in total. The van der Waals surface area contributed by atoms with Gasteiger partial charge in [-0.1, -0.05) is 18.2 Å². The Bertz CT molecular complexity index is 1060. The second kappa shape index (κ2) is 11.3. The number of aromatic nitrogens is 1. The van der Waals surface area contributed by atoms with Gasteiger partial charge in [-0.3, -0.25) is 4.90 Å². The zero-order valence-electron chi connectivity index (χ0n) is 18.4. The molecule has 0 saturated carbocycles. The van der Waals surface area contributed by atoms with Crippen molar-refractivity contribution in [2.75, 3.05) is 50.5 Å². The number of pyridine rings is 1. The molecular weight excluding hydrogens is 420 g/mol. The molecule has 0 spiro atoms. The van der Waals surface area contributed by atoms with Crippen molar-refractivity contribution in [2.24, 2.45) is 0 Å². The summed E-state index contributed by atoms with van der Waals surface area (Å²) in [6, 6.07) is 18.5. The Hall–Kier alpha value is -3.62. The molecule has 3 aromatic rings. The van der Waals surface area contributed by atoms with Crippen molar-refractivity contribution in [3.8, 4) is 17.4 Å². The minimum atomic E-state index is 0.216. The van der Waals surface area contributed by atoms with Crippen LogP contribution in [-0.4, -0.2) is 55.6 Å². The van der Waals surface area contributed by atoms with Crippen molar-refractivity contribution < 1.29 is 19.0 Å². The van der Waals surface area contributed by atoms with Crippen LogP contribution < -0.4 is 20.5 Å². The highest BCUT2D eigenvalue weighted by Gasteiger charge is 2.12. The quantitative estimate of drug-likeness (QED) is 0.358. The lowest BCUT2D eigenvalue weighted by Crippen LogP contribution is -2.38. The SMILES string of the molecule is Nc1cc(OCCN2CCOCC2)ccc1Nc1ccc(CC=O)c(Oc2ccccc2)n1. The molecule has 0 aliphatic carbocycles. The summed E-state index contributed by atoms with van der Waals surface area (Å²) in [5.74, 6) is 2.30. The molecule has 2 aromatic carbocycles. The van der Waals surface area contributed by atoms with Gasteiger partial charge >= 0.3 is 0 Å². The van der Waals surface area contributed by atoms with Crippen molar-refractivity contribution in [1.29, 1.82) is 0 Å². The molecule has 0 radical (unpaired) electrons. The molecule has 0 amide bonds.